The molecule has 4 rings (SSSR count). The molecule has 2 heterocycles. The Bertz CT molecular complexity index is 1050. The van der Waals surface area contributed by atoms with E-state index in [1.807, 2.05) is 30.2 Å². The third kappa shape index (κ3) is 2.28. The van der Waals surface area contributed by atoms with Gasteiger partial charge in [-0.15, -0.1) is 0 Å². The van der Waals surface area contributed by atoms with Gasteiger partial charge in [0.05, 0.1) is 17.5 Å². The van der Waals surface area contributed by atoms with E-state index < -0.39 is 0 Å². The quantitative estimate of drug-likeness (QED) is 0.490. The van der Waals surface area contributed by atoms with Gasteiger partial charge in [-0.05, 0) is 39.9 Å². The van der Waals surface area contributed by atoms with E-state index in [4.69, 9.17) is 0 Å². The molecule has 0 aliphatic heterocycles. The maximum absolute atomic E-state index is 4.64. The van der Waals surface area contributed by atoms with Crippen molar-refractivity contribution in [3.63, 3.8) is 0 Å². The van der Waals surface area contributed by atoms with Crippen molar-refractivity contribution >= 4 is 21.8 Å². The Hall–Kier alpha value is -2.68. The number of pyridine rings is 1. The molecule has 0 N–H and O–H groups in total. The monoisotopic (exact) mass is 315 g/mol. The molecule has 0 aliphatic carbocycles. The summed E-state index contributed by atoms with van der Waals surface area (Å²) in [7, 11) is 2.01. The second-order valence-corrected chi connectivity index (χ2v) is 7.38. The maximum Gasteiger partial charge on any atom is 0.115 e. The van der Waals surface area contributed by atoms with Gasteiger partial charge >= 0.3 is 0 Å². The molecule has 2 aromatic heterocycles. The first kappa shape index (κ1) is 14.9. The van der Waals surface area contributed by atoms with E-state index >= 15 is 0 Å². The molecule has 0 saturated heterocycles. The van der Waals surface area contributed by atoms with Crippen LogP contribution >= 0.6 is 0 Å². The number of nitrogens with zero attached hydrogens (tertiary/aromatic N) is 3. The number of aromatic nitrogens is 3. The molecule has 0 radical (unpaired) electrons. The fraction of sp³-hybridized carbons (Fsp3) is 0.238. The molecule has 24 heavy (non-hydrogen) atoms. The molecular formula is C21H21N3. The molecule has 0 atom stereocenters. The summed E-state index contributed by atoms with van der Waals surface area (Å²) in [6.45, 7) is 6.77. The SMILES string of the molecule is Cn1cnc2c(-c3cc(C(C)(C)C)c4ccccc4c3)nccc21. The normalized spacial score (nSPS) is 12.2. The zero-order valence-corrected chi connectivity index (χ0v) is 14.5. The number of rotatable bonds is 1. The van der Waals surface area contributed by atoms with Crippen LogP contribution in [-0.4, -0.2) is 14.5 Å². The summed E-state index contributed by atoms with van der Waals surface area (Å²) in [5.41, 5.74) is 5.53. The summed E-state index contributed by atoms with van der Waals surface area (Å²) < 4.78 is 2.03. The van der Waals surface area contributed by atoms with E-state index in [1.54, 1.807) is 0 Å². The highest BCUT2D eigenvalue weighted by atomic mass is 15.0. The number of fused-ring (bicyclic) bond motifs is 2. The second-order valence-electron chi connectivity index (χ2n) is 7.38. The second kappa shape index (κ2) is 5.17. The Morgan fingerprint density at radius 1 is 0.958 bits per heavy atom. The molecule has 0 unspecified atom stereocenters. The lowest BCUT2D eigenvalue weighted by Crippen LogP contribution is -2.12. The van der Waals surface area contributed by atoms with Gasteiger partial charge in [0, 0.05) is 18.8 Å². The molecule has 0 aliphatic rings. The number of benzene rings is 2. The van der Waals surface area contributed by atoms with E-state index in [0.29, 0.717) is 0 Å². The zero-order chi connectivity index (χ0) is 16.9. The van der Waals surface area contributed by atoms with Gasteiger partial charge in [0.25, 0.3) is 0 Å². The summed E-state index contributed by atoms with van der Waals surface area (Å²) in [5.74, 6) is 0. The smallest absolute Gasteiger partial charge is 0.115 e. The summed E-state index contributed by atoms with van der Waals surface area (Å²) in [6.07, 6.45) is 3.72. The van der Waals surface area contributed by atoms with Crippen molar-refractivity contribution in [3.05, 3.63) is 60.6 Å². The van der Waals surface area contributed by atoms with Crippen LogP contribution < -0.4 is 0 Å². The standard InChI is InChI=1S/C21H21N3/c1-21(2,3)17-12-15(11-14-7-5-6-8-16(14)17)19-20-18(9-10-22-19)24(4)13-23-20/h5-13H,1-4H3. The van der Waals surface area contributed by atoms with E-state index in [0.717, 1.165) is 22.3 Å². The van der Waals surface area contributed by atoms with E-state index in [9.17, 15) is 0 Å². The average Bonchev–Trinajstić information content (AvgIpc) is 2.94. The van der Waals surface area contributed by atoms with E-state index in [-0.39, 0.29) is 5.41 Å². The minimum atomic E-state index is 0.0631. The third-order valence-electron chi connectivity index (χ3n) is 4.59. The largest absolute Gasteiger partial charge is 0.334 e. The van der Waals surface area contributed by atoms with E-state index in [1.165, 1.54) is 16.3 Å². The number of imidazole rings is 1. The average molecular weight is 315 g/mol. The molecule has 120 valence electrons. The molecule has 4 aromatic rings. The Kier molecular flexibility index (Phi) is 3.20. The predicted molar refractivity (Wildman–Crippen MR) is 100 cm³/mol. The number of aryl methyl sites for hydroxylation is 1. The number of hydrogen-bond acceptors (Lipinski definition) is 2. The minimum absolute atomic E-state index is 0.0631. The highest BCUT2D eigenvalue weighted by Gasteiger charge is 2.19. The molecule has 0 amide bonds. The van der Waals surface area contributed by atoms with Gasteiger partial charge in [-0.1, -0.05) is 45.0 Å². The highest BCUT2D eigenvalue weighted by Crippen LogP contribution is 2.35. The van der Waals surface area contributed by atoms with Crippen molar-refractivity contribution in [3.8, 4) is 11.3 Å². The van der Waals surface area contributed by atoms with Crippen molar-refractivity contribution in [2.45, 2.75) is 26.2 Å². The highest BCUT2D eigenvalue weighted by molar-refractivity contribution is 5.95. The van der Waals surface area contributed by atoms with Gasteiger partial charge in [-0.3, -0.25) is 4.98 Å². The summed E-state index contributed by atoms with van der Waals surface area (Å²) in [6, 6.07) is 15.1. The van der Waals surface area contributed by atoms with Gasteiger partial charge in [0.1, 0.15) is 5.52 Å². The fourth-order valence-electron chi connectivity index (χ4n) is 3.34. The van der Waals surface area contributed by atoms with Crippen molar-refractivity contribution < 1.29 is 0 Å². The van der Waals surface area contributed by atoms with Crippen LogP contribution in [0.4, 0.5) is 0 Å². The molecule has 0 fully saturated rings. The van der Waals surface area contributed by atoms with Crippen molar-refractivity contribution in [2.75, 3.05) is 0 Å². The van der Waals surface area contributed by atoms with E-state index in [2.05, 4.69) is 67.1 Å². The lowest BCUT2D eigenvalue weighted by molar-refractivity contribution is 0.596. The van der Waals surface area contributed by atoms with Crippen LogP contribution in [0.3, 0.4) is 0 Å². The molecular weight excluding hydrogens is 294 g/mol. The van der Waals surface area contributed by atoms with Gasteiger partial charge in [-0.2, -0.15) is 0 Å². The third-order valence-corrected chi connectivity index (χ3v) is 4.59. The van der Waals surface area contributed by atoms with Crippen LogP contribution in [0.25, 0.3) is 33.1 Å². The van der Waals surface area contributed by atoms with Gasteiger partial charge < -0.3 is 4.57 Å². The molecule has 3 heteroatoms. The summed E-state index contributed by atoms with van der Waals surface area (Å²) in [5, 5.41) is 2.55. The zero-order valence-electron chi connectivity index (χ0n) is 14.5. The minimum Gasteiger partial charge on any atom is -0.334 e. The first-order valence-corrected chi connectivity index (χ1v) is 8.25. The van der Waals surface area contributed by atoms with Crippen LogP contribution in [0.2, 0.25) is 0 Å². The predicted octanol–water partition coefficient (Wildman–Crippen LogP) is 5.09. The molecule has 3 nitrogen and oxygen atoms in total. The lowest BCUT2D eigenvalue weighted by atomic mass is 9.82. The summed E-state index contributed by atoms with van der Waals surface area (Å²) >= 11 is 0. The van der Waals surface area contributed by atoms with Crippen molar-refractivity contribution in [2.24, 2.45) is 7.05 Å². The lowest BCUT2D eigenvalue weighted by Gasteiger charge is -2.22. The van der Waals surface area contributed by atoms with Crippen LogP contribution in [0.1, 0.15) is 26.3 Å². The topological polar surface area (TPSA) is 30.7 Å². The molecule has 0 spiro atoms. The maximum atomic E-state index is 4.64. The van der Waals surface area contributed by atoms with Crippen molar-refractivity contribution in [1.29, 1.82) is 0 Å². The van der Waals surface area contributed by atoms with Crippen molar-refractivity contribution in [1.82, 2.24) is 14.5 Å². The van der Waals surface area contributed by atoms with Crippen LogP contribution in [0.5, 0.6) is 0 Å². The van der Waals surface area contributed by atoms with Crippen LogP contribution in [0, 0.1) is 0 Å². The van der Waals surface area contributed by atoms with Crippen LogP contribution in [0.15, 0.2) is 55.0 Å². The first-order valence-electron chi connectivity index (χ1n) is 8.25. The number of hydrogen-bond donors (Lipinski definition) is 0. The molecule has 2 aromatic carbocycles. The van der Waals surface area contributed by atoms with Gasteiger partial charge in [-0.25, -0.2) is 4.98 Å². The fourth-order valence-corrected chi connectivity index (χ4v) is 3.34. The Morgan fingerprint density at radius 2 is 1.75 bits per heavy atom. The Balaban J connectivity index is 2.07. The molecule has 0 saturated carbocycles. The van der Waals surface area contributed by atoms with Crippen LogP contribution in [-0.2, 0) is 12.5 Å². The first-order chi connectivity index (χ1) is 11.4. The van der Waals surface area contributed by atoms with Gasteiger partial charge in [0.15, 0.2) is 0 Å². The van der Waals surface area contributed by atoms with Gasteiger partial charge in [0.2, 0.25) is 0 Å². The molecule has 0 bridgehead atoms. The Labute approximate surface area is 142 Å². The Morgan fingerprint density at radius 3 is 2.54 bits per heavy atom. The summed E-state index contributed by atoms with van der Waals surface area (Å²) in [4.78, 5) is 9.21.